The quantitative estimate of drug-likeness (QED) is 0.643. The molecule has 3 heteroatoms. The van der Waals surface area contributed by atoms with E-state index in [1.165, 1.54) is 0 Å². The van der Waals surface area contributed by atoms with Crippen LogP contribution in [-0.4, -0.2) is 23.2 Å². The molecule has 70 valence electrons. The van der Waals surface area contributed by atoms with E-state index in [-0.39, 0.29) is 18.1 Å². The van der Waals surface area contributed by atoms with Crippen LogP contribution >= 0.6 is 0 Å². The van der Waals surface area contributed by atoms with E-state index in [1.807, 2.05) is 0 Å². The first-order valence-electron chi connectivity index (χ1n) is 4.64. The zero-order valence-electron chi connectivity index (χ0n) is 7.60. The smallest absolute Gasteiger partial charge is 0.220 e. The largest absolute Gasteiger partial charge is 0.394 e. The first kappa shape index (κ1) is 9.52. The van der Waals surface area contributed by atoms with Crippen LogP contribution in [0.25, 0.3) is 0 Å². The minimum atomic E-state index is -0.231. The molecule has 0 aromatic heterocycles. The van der Waals surface area contributed by atoms with Gasteiger partial charge in [-0.15, -0.1) is 0 Å². The van der Waals surface area contributed by atoms with E-state index >= 15 is 0 Å². The lowest BCUT2D eigenvalue weighted by molar-refractivity contribution is -0.122. The Kier molecular flexibility index (Phi) is 3.09. The molecular formula is C9H17NO2. The van der Waals surface area contributed by atoms with Crippen LogP contribution in [0.1, 0.15) is 39.0 Å². The molecule has 0 aromatic carbocycles. The lowest BCUT2D eigenvalue weighted by Gasteiger charge is -2.13. The van der Waals surface area contributed by atoms with Crippen molar-refractivity contribution in [3.63, 3.8) is 0 Å². The zero-order valence-corrected chi connectivity index (χ0v) is 7.60. The van der Waals surface area contributed by atoms with E-state index in [2.05, 4.69) is 12.2 Å². The third-order valence-corrected chi connectivity index (χ3v) is 2.32. The molecular weight excluding hydrogens is 154 g/mol. The van der Waals surface area contributed by atoms with E-state index < -0.39 is 0 Å². The van der Waals surface area contributed by atoms with Crippen LogP contribution in [0.4, 0.5) is 0 Å². The molecule has 1 aliphatic carbocycles. The van der Waals surface area contributed by atoms with Crippen molar-refractivity contribution in [3.8, 4) is 0 Å². The van der Waals surface area contributed by atoms with Gasteiger partial charge in [-0.1, -0.05) is 13.3 Å². The lowest BCUT2D eigenvalue weighted by atomic mass is 10.2. The highest BCUT2D eigenvalue weighted by Crippen LogP contribution is 2.34. The summed E-state index contributed by atoms with van der Waals surface area (Å²) in [7, 11) is 0. The first-order valence-corrected chi connectivity index (χ1v) is 4.64. The van der Waals surface area contributed by atoms with E-state index in [9.17, 15) is 4.79 Å². The zero-order chi connectivity index (χ0) is 9.03. The van der Waals surface area contributed by atoms with Gasteiger partial charge in [-0.25, -0.2) is 0 Å². The van der Waals surface area contributed by atoms with Crippen LogP contribution in [-0.2, 0) is 4.79 Å². The Morgan fingerprint density at radius 2 is 2.25 bits per heavy atom. The normalized spacial score (nSPS) is 18.8. The van der Waals surface area contributed by atoms with Crippen LogP contribution in [0.15, 0.2) is 0 Å². The Bertz CT molecular complexity index is 164. The highest BCUT2D eigenvalue weighted by molar-refractivity contribution is 5.77. The number of hydrogen-bond donors (Lipinski definition) is 2. The second-order valence-electron chi connectivity index (χ2n) is 3.59. The number of amides is 1. The third kappa shape index (κ3) is 2.48. The monoisotopic (exact) mass is 171 g/mol. The van der Waals surface area contributed by atoms with Gasteiger partial charge in [0, 0.05) is 6.42 Å². The maximum Gasteiger partial charge on any atom is 0.220 e. The molecule has 0 aliphatic heterocycles. The van der Waals surface area contributed by atoms with E-state index in [0.29, 0.717) is 6.42 Å². The molecule has 2 N–H and O–H groups in total. The van der Waals surface area contributed by atoms with Crippen molar-refractivity contribution in [1.29, 1.82) is 0 Å². The molecule has 0 atom stereocenters. The summed E-state index contributed by atoms with van der Waals surface area (Å²) in [5, 5.41) is 11.8. The van der Waals surface area contributed by atoms with Gasteiger partial charge in [-0.3, -0.25) is 4.79 Å². The van der Waals surface area contributed by atoms with Crippen molar-refractivity contribution in [2.24, 2.45) is 0 Å². The number of aliphatic hydroxyl groups is 1. The summed E-state index contributed by atoms with van der Waals surface area (Å²) in [6.07, 6.45) is 4.44. The van der Waals surface area contributed by atoms with Gasteiger partial charge in [0.2, 0.25) is 5.91 Å². The van der Waals surface area contributed by atoms with Gasteiger partial charge < -0.3 is 10.4 Å². The first-order chi connectivity index (χ1) is 5.72. The molecule has 1 fully saturated rings. The second kappa shape index (κ2) is 3.90. The van der Waals surface area contributed by atoms with Gasteiger partial charge in [-0.2, -0.15) is 0 Å². The Morgan fingerprint density at radius 3 is 2.67 bits per heavy atom. The molecule has 1 rings (SSSR count). The predicted octanol–water partition coefficient (Wildman–Crippen LogP) is 0.818. The standard InChI is InChI=1S/C9H17NO2/c1-2-3-4-8(12)10-9(7-11)5-6-9/h11H,2-7H2,1H3,(H,10,12). The van der Waals surface area contributed by atoms with E-state index in [1.54, 1.807) is 0 Å². The van der Waals surface area contributed by atoms with Crippen LogP contribution in [0.5, 0.6) is 0 Å². The molecule has 3 nitrogen and oxygen atoms in total. The van der Waals surface area contributed by atoms with Gasteiger partial charge in [0.15, 0.2) is 0 Å². The third-order valence-electron chi connectivity index (χ3n) is 2.32. The van der Waals surface area contributed by atoms with Crippen molar-refractivity contribution in [3.05, 3.63) is 0 Å². The van der Waals surface area contributed by atoms with Crippen molar-refractivity contribution in [2.75, 3.05) is 6.61 Å². The number of aliphatic hydroxyl groups excluding tert-OH is 1. The van der Waals surface area contributed by atoms with Crippen LogP contribution in [0, 0.1) is 0 Å². The molecule has 0 saturated heterocycles. The highest BCUT2D eigenvalue weighted by Gasteiger charge is 2.43. The maximum absolute atomic E-state index is 11.2. The van der Waals surface area contributed by atoms with Crippen LogP contribution < -0.4 is 5.32 Å². The van der Waals surface area contributed by atoms with E-state index in [4.69, 9.17) is 5.11 Å². The fourth-order valence-electron chi connectivity index (χ4n) is 1.17. The number of carbonyl (C=O) groups excluding carboxylic acids is 1. The Hall–Kier alpha value is -0.570. The Labute approximate surface area is 73.2 Å². The van der Waals surface area contributed by atoms with Crippen molar-refractivity contribution >= 4 is 5.91 Å². The minimum absolute atomic E-state index is 0.0865. The fraction of sp³-hybridized carbons (Fsp3) is 0.889. The number of hydrogen-bond acceptors (Lipinski definition) is 2. The second-order valence-corrected chi connectivity index (χ2v) is 3.59. The summed E-state index contributed by atoms with van der Waals surface area (Å²) in [4.78, 5) is 11.2. The maximum atomic E-state index is 11.2. The minimum Gasteiger partial charge on any atom is -0.394 e. The highest BCUT2D eigenvalue weighted by atomic mass is 16.3. The van der Waals surface area contributed by atoms with Gasteiger partial charge in [-0.05, 0) is 19.3 Å². The molecule has 0 unspecified atom stereocenters. The fourth-order valence-corrected chi connectivity index (χ4v) is 1.17. The topological polar surface area (TPSA) is 49.3 Å². The summed E-state index contributed by atoms with van der Waals surface area (Å²) in [5.41, 5.74) is -0.231. The number of rotatable bonds is 5. The number of nitrogens with one attached hydrogen (secondary N) is 1. The van der Waals surface area contributed by atoms with E-state index in [0.717, 1.165) is 25.7 Å². The molecule has 12 heavy (non-hydrogen) atoms. The molecule has 0 radical (unpaired) electrons. The van der Waals surface area contributed by atoms with Crippen LogP contribution in [0.3, 0.4) is 0 Å². The Balaban J connectivity index is 2.17. The van der Waals surface area contributed by atoms with Gasteiger partial charge in [0.1, 0.15) is 0 Å². The van der Waals surface area contributed by atoms with Crippen molar-refractivity contribution in [1.82, 2.24) is 5.32 Å². The summed E-state index contributed by atoms with van der Waals surface area (Å²) >= 11 is 0. The summed E-state index contributed by atoms with van der Waals surface area (Å²) in [6.45, 7) is 2.15. The number of unbranched alkanes of at least 4 members (excludes halogenated alkanes) is 1. The molecule has 0 aromatic rings. The number of carbonyl (C=O) groups is 1. The van der Waals surface area contributed by atoms with Crippen molar-refractivity contribution < 1.29 is 9.90 Å². The average Bonchev–Trinajstić information content (AvgIpc) is 2.82. The van der Waals surface area contributed by atoms with Gasteiger partial charge in [0.05, 0.1) is 12.1 Å². The average molecular weight is 171 g/mol. The molecule has 1 saturated carbocycles. The lowest BCUT2D eigenvalue weighted by Crippen LogP contribution is -2.39. The summed E-state index contributed by atoms with van der Waals surface area (Å²) < 4.78 is 0. The van der Waals surface area contributed by atoms with Gasteiger partial charge >= 0.3 is 0 Å². The molecule has 1 amide bonds. The van der Waals surface area contributed by atoms with Crippen molar-refractivity contribution in [2.45, 2.75) is 44.6 Å². The molecule has 0 bridgehead atoms. The predicted molar refractivity (Wildman–Crippen MR) is 46.7 cm³/mol. The summed E-state index contributed by atoms with van der Waals surface area (Å²) in [6, 6.07) is 0. The Morgan fingerprint density at radius 1 is 1.58 bits per heavy atom. The van der Waals surface area contributed by atoms with Gasteiger partial charge in [0.25, 0.3) is 0 Å². The molecule has 0 heterocycles. The molecule has 0 spiro atoms. The van der Waals surface area contributed by atoms with Crippen LogP contribution in [0.2, 0.25) is 0 Å². The summed E-state index contributed by atoms with van der Waals surface area (Å²) in [5.74, 6) is 0.0865. The SMILES string of the molecule is CCCCC(=O)NC1(CO)CC1. The molecule has 1 aliphatic rings.